The van der Waals surface area contributed by atoms with E-state index in [1.165, 1.54) is 27.9 Å². The van der Waals surface area contributed by atoms with Crippen molar-refractivity contribution in [3.05, 3.63) is 57.9 Å². The SMILES string of the molecule is Cc1cc2ccccc2n1Cc1ccc(C(=O)O)s1. The highest BCUT2D eigenvalue weighted by atomic mass is 32.1. The highest BCUT2D eigenvalue weighted by Crippen LogP contribution is 2.23. The van der Waals surface area contributed by atoms with Crippen LogP contribution in [0.2, 0.25) is 0 Å². The summed E-state index contributed by atoms with van der Waals surface area (Å²) < 4.78 is 2.22. The minimum atomic E-state index is -0.856. The molecule has 0 bridgehead atoms. The third-order valence-corrected chi connectivity index (χ3v) is 4.26. The molecule has 0 aliphatic rings. The van der Waals surface area contributed by atoms with E-state index in [1.807, 2.05) is 18.2 Å². The van der Waals surface area contributed by atoms with Gasteiger partial charge in [-0.05, 0) is 36.6 Å². The maximum absolute atomic E-state index is 10.9. The highest BCUT2D eigenvalue weighted by Gasteiger charge is 2.10. The summed E-state index contributed by atoms with van der Waals surface area (Å²) in [6, 6.07) is 14.0. The lowest BCUT2D eigenvalue weighted by Crippen LogP contribution is -1.99. The molecule has 0 atom stereocenters. The van der Waals surface area contributed by atoms with Gasteiger partial charge >= 0.3 is 5.97 Å². The number of fused-ring (bicyclic) bond motifs is 1. The van der Waals surface area contributed by atoms with Gasteiger partial charge in [-0.15, -0.1) is 11.3 Å². The van der Waals surface area contributed by atoms with Gasteiger partial charge in [0.05, 0.1) is 6.54 Å². The van der Waals surface area contributed by atoms with Crippen molar-refractivity contribution in [3.63, 3.8) is 0 Å². The van der Waals surface area contributed by atoms with Crippen molar-refractivity contribution in [1.82, 2.24) is 4.57 Å². The van der Waals surface area contributed by atoms with Gasteiger partial charge in [0, 0.05) is 16.1 Å². The summed E-state index contributed by atoms with van der Waals surface area (Å²) in [6.07, 6.45) is 0. The summed E-state index contributed by atoms with van der Waals surface area (Å²) in [5.74, 6) is -0.856. The van der Waals surface area contributed by atoms with Crippen molar-refractivity contribution in [2.24, 2.45) is 0 Å². The summed E-state index contributed by atoms with van der Waals surface area (Å²) in [4.78, 5) is 12.3. The van der Waals surface area contributed by atoms with Crippen molar-refractivity contribution in [2.45, 2.75) is 13.5 Å². The van der Waals surface area contributed by atoms with Crippen LogP contribution in [-0.4, -0.2) is 15.6 Å². The number of para-hydroxylation sites is 1. The summed E-state index contributed by atoms with van der Waals surface area (Å²) in [5, 5.41) is 10.2. The highest BCUT2D eigenvalue weighted by molar-refractivity contribution is 7.13. The topological polar surface area (TPSA) is 42.2 Å². The molecular weight excluding hydrogens is 258 g/mol. The average Bonchev–Trinajstić information content (AvgIpc) is 2.96. The molecule has 0 saturated carbocycles. The first-order chi connectivity index (χ1) is 9.15. The molecule has 1 aromatic carbocycles. The Balaban J connectivity index is 2.00. The zero-order chi connectivity index (χ0) is 13.4. The summed E-state index contributed by atoms with van der Waals surface area (Å²) in [5.41, 5.74) is 2.37. The molecule has 0 fully saturated rings. The molecule has 2 heterocycles. The second-order valence-corrected chi connectivity index (χ2v) is 5.67. The second-order valence-electron chi connectivity index (χ2n) is 4.50. The van der Waals surface area contributed by atoms with Crippen molar-refractivity contribution >= 4 is 28.2 Å². The molecule has 2 aromatic heterocycles. The lowest BCUT2D eigenvalue weighted by Gasteiger charge is -2.06. The number of aromatic carboxylic acids is 1. The molecule has 1 N–H and O–H groups in total. The van der Waals surface area contributed by atoms with E-state index in [0.29, 0.717) is 4.88 Å². The van der Waals surface area contributed by atoms with Gasteiger partial charge in [-0.2, -0.15) is 0 Å². The lowest BCUT2D eigenvalue weighted by molar-refractivity contribution is 0.0702. The van der Waals surface area contributed by atoms with E-state index in [9.17, 15) is 4.79 Å². The maximum Gasteiger partial charge on any atom is 0.345 e. The van der Waals surface area contributed by atoms with Crippen LogP contribution in [0.4, 0.5) is 0 Å². The Morgan fingerprint density at radius 2 is 2.05 bits per heavy atom. The summed E-state index contributed by atoms with van der Waals surface area (Å²) in [7, 11) is 0. The number of thiophene rings is 1. The molecule has 3 aromatic rings. The summed E-state index contributed by atoms with van der Waals surface area (Å²) in [6.45, 7) is 2.79. The molecule has 0 aliphatic carbocycles. The number of carboxylic acid groups (broad SMARTS) is 1. The molecule has 0 amide bonds. The molecule has 19 heavy (non-hydrogen) atoms. The minimum Gasteiger partial charge on any atom is -0.477 e. The van der Waals surface area contributed by atoms with E-state index >= 15 is 0 Å². The number of hydrogen-bond acceptors (Lipinski definition) is 2. The van der Waals surface area contributed by atoms with Crippen LogP contribution in [0.1, 0.15) is 20.2 Å². The van der Waals surface area contributed by atoms with E-state index < -0.39 is 5.97 Å². The zero-order valence-corrected chi connectivity index (χ0v) is 11.3. The normalized spacial score (nSPS) is 11.0. The van der Waals surface area contributed by atoms with Crippen LogP contribution in [0.5, 0.6) is 0 Å². The van der Waals surface area contributed by atoms with E-state index in [0.717, 1.165) is 11.4 Å². The van der Waals surface area contributed by atoms with Crippen LogP contribution in [0, 0.1) is 6.92 Å². The standard InChI is InChI=1S/C15H13NO2S/c1-10-8-11-4-2-3-5-13(11)16(10)9-12-6-7-14(19-12)15(17)18/h2-8H,9H2,1H3,(H,17,18). The molecule has 0 saturated heterocycles. The molecule has 0 radical (unpaired) electrons. The van der Waals surface area contributed by atoms with Gasteiger partial charge in [-0.3, -0.25) is 0 Å². The number of benzene rings is 1. The number of aromatic nitrogens is 1. The van der Waals surface area contributed by atoms with Crippen LogP contribution in [0.15, 0.2) is 42.5 Å². The second kappa shape index (κ2) is 4.55. The quantitative estimate of drug-likeness (QED) is 0.788. The van der Waals surface area contributed by atoms with Gasteiger partial charge in [0.15, 0.2) is 0 Å². The lowest BCUT2D eigenvalue weighted by atomic mass is 10.2. The molecule has 3 nitrogen and oxygen atoms in total. The molecular formula is C15H13NO2S. The van der Waals surface area contributed by atoms with Crippen molar-refractivity contribution < 1.29 is 9.90 Å². The Morgan fingerprint density at radius 1 is 1.26 bits per heavy atom. The molecule has 0 unspecified atom stereocenters. The third kappa shape index (κ3) is 2.15. The maximum atomic E-state index is 10.9. The first-order valence-electron chi connectivity index (χ1n) is 6.02. The number of aryl methyl sites for hydroxylation is 1. The predicted molar refractivity (Wildman–Crippen MR) is 77.1 cm³/mol. The summed E-state index contributed by atoms with van der Waals surface area (Å²) >= 11 is 1.34. The number of carbonyl (C=O) groups is 1. The minimum absolute atomic E-state index is 0.393. The van der Waals surface area contributed by atoms with E-state index in [1.54, 1.807) is 6.07 Å². The van der Waals surface area contributed by atoms with Gasteiger partial charge in [0.25, 0.3) is 0 Å². The van der Waals surface area contributed by atoms with Gasteiger partial charge in [0.2, 0.25) is 0 Å². The number of carboxylic acids is 1. The monoisotopic (exact) mass is 271 g/mol. The molecule has 4 heteroatoms. The van der Waals surface area contributed by atoms with Crippen molar-refractivity contribution in [2.75, 3.05) is 0 Å². The fraction of sp³-hybridized carbons (Fsp3) is 0.133. The molecule has 3 rings (SSSR count). The van der Waals surface area contributed by atoms with Gasteiger partial charge < -0.3 is 9.67 Å². The van der Waals surface area contributed by atoms with Crippen LogP contribution < -0.4 is 0 Å². The Kier molecular flexibility index (Phi) is 2.87. The van der Waals surface area contributed by atoms with Gasteiger partial charge in [0.1, 0.15) is 4.88 Å². The van der Waals surface area contributed by atoms with Crippen LogP contribution in [0.3, 0.4) is 0 Å². The van der Waals surface area contributed by atoms with Crippen molar-refractivity contribution in [1.29, 1.82) is 0 Å². The molecule has 0 aliphatic heterocycles. The zero-order valence-electron chi connectivity index (χ0n) is 10.5. The Morgan fingerprint density at radius 3 is 2.79 bits per heavy atom. The van der Waals surface area contributed by atoms with E-state index in [2.05, 4.69) is 29.7 Å². The van der Waals surface area contributed by atoms with E-state index in [4.69, 9.17) is 5.11 Å². The third-order valence-electron chi connectivity index (χ3n) is 3.20. The first kappa shape index (κ1) is 12.0. The Bertz CT molecular complexity index is 754. The predicted octanol–water partition coefficient (Wildman–Crippen LogP) is 3.76. The van der Waals surface area contributed by atoms with Crippen LogP contribution >= 0.6 is 11.3 Å². The fourth-order valence-electron chi connectivity index (χ4n) is 2.29. The number of rotatable bonds is 3. The van der Waals surface area contributed by atoms with Crippen molar-refractivity contribution in [3.8, 4) is 0 Å². The molecule has 96 valence electrons. The van der Waals surface area contributed by atoms with Crippen LogP contribution in [-0.2, 0) is 6.54 Å². The average molecular weight is 271 g/mol. The fourth-order valence-corrected chi connectivity index (χ4v) is 3.13. The smallest absolute Gasteiger partial charge is 0.345 e. The molecule has 0 spiro atoms. The largest absolute Gasteiger partial charge is 0.477 e. The van der Waals surface area contributed by atoms with E-state index in [-0.39, 0.29) is 0 Å². The number of nitrogens with zero attached hydrogens (tertiary/aromatic N) is 1. The van der Waals surface area contributed by atoms with Crippen LogP contribution in [0.25, 0.3) is 10.9 Å². The van der Waals surface area contributed by atoms with Gasteiger partial charge in [-0.1, -0.05) is 18.2 Å². The number of hydrogen-bond donors (Lipinski definition) is 1. The first-order valence-corrected chi connectivity index (χ1v) is 6.83. The Hall–Kier alpha value is -2.07. The van der Waals surface area contributed by atoms with Gasteiger partial charge in [-0.25, -0.2) is 4.79 Å². The Labute approximate surface area is 114 Å².